The van der Waals surface area contributed by atoms with Crippen LogP contribution in [0, 0.1) is 12.8 Å². The van der Waals surface area contributed by atoms with Crippen LogP contribution in [0.4, 0.5) is 0 Å². The molecule has 0 aliphatic carbocycles. The van der Waals surface area contributed by atoms with Crippen molar-refractivity contribution in [3.05, 3.63) is 35.7 Å². The van der Waals surface area contributed by atoms with E-state index in [1.807, 2.05) is 6.20 Å². The summed E-state index contributed by atoms with van der Waals surface area (Å²) in [5.41, 5.74) is 1.27. The lowest BCUT2D eigenvalue weighted by atomic mass is 10.2. The van der Waals surface area contributed by atoms with E-state index < -0.39 is 0 Å². The van der Waals surface area contributed by atoms with E-state index in [2.05, 4.69) is 46.1 Å². The number of hydrogen-bond donors (Lipinski definition) is 1. The van der Waals surface area contributed by atoms with Crippen LogP contribution in [0.15, 0.2) is 23.0 Å². The normalized spacial score (nSPS) is 11.3. The van der Waals surface area contributed by atoms with Crippen LogP contribution in [-0.4, -0.2) is 21.3 Å². The van der Waals surface area contributed by atoms with E-state index in [0.717, 1.165) is 13.1 Å². The minimum atomic E-state index is 0.607. The van der Waals surface area contributed by atoms with E-state index in [1.165, 1.54) is 5.56 Å². The third-order valence-corrected chi connectivity index (χ3v) is 2.59. The molecule has 5 heteroatoms. The van der Waals surface area contributed by atoms with Crippen molar-refractivity contribution in [2.75, 3.05) is 6.54 Å². The molecule has 2 aromatic heterocycles. The fraction of sp³-hybridized carbons (Fsp3) is 0.538. The smallest absolute Gasteiger partial charge is 0.223 e. The Morgan fingerprint density at radius 3 is 2.94 bits per heavy atom. The summed E-state index contributed by atoms with van der Waals surface area (Å²) in [6, 6.07) is 2.11. The first kappa shape index (κ1) is 12.8. The molecule has 0 unspecified atom stereocenters. The second kappa shape index (κ2) is 5.82. The molecule has 0 amide bonds. The minimum absolute atomic E-state index is 0.607. The van der Waals surface area contributed by atoms with Gasteiger partial charge in [0, 0.05) is 25.9 Å². The Morgan fingerprint density at radius 1 is 1.44 bits per heavy atom. The fourth-order valence-corrected chi connectivity index (χ4v) is 1.77. The molecule has 2 aromatic rings. The topological polar surface area (TPSA) is 55.9 Å². The molecule has 0 aromatic carbocycles. The molecule has 0 spiro atoms. The molecule has 5 nitrogen and oxygen atoms in total. The van der Waals surface area contributed by atoms with Crippen molar-refractivity contribution in [2.24, 2.45) is 5.92 Å². The van der Waals surface area contributed by atoms with Gasteiger partial charge in [0.25, 0.3) is 0 Å². The van der Waals surface area contributed by atoms with Crippen molar-refractivity contribution < 1.29 is 4.52 Å². The summed E-state index contributed by atoms with van der Waals surface area (Å²) in [6.45, 7) is 8.80. The van der Waals surface area contributed by atoms with Gasteiger partial charge in [-0.1, -0.05) is 19.0 Å². The summed E-state index contributed by atoms with van der Waals surface area (Å²) in [7, 11) is 0. The molecule has 0 aliphatic heterocycles. The minimum Gasteiger partial charge on any atom is -0.346 e. The molecule has 0 radical (unpaired) electrons. The first-order valence-electron chi connectivity index (χ1n) is 6.28. The predicted molar refractivity (Wildman–Crippen MR) is 69.1 cm³/mol. The molecule has 1 N–H and O–H groups in total. The highest BCUT2D eigenvalue weighted by Gasteiger charge is 2.04. The summed E-state index contributed by atoms with van der Waals surface area (Å²) in [5, 5.41) is 7.30. The monoisotopic (exact) mass is 248 g/mol. The molecular formula is C13H20N4O. The first-order chi connectivity index (χ1) is 8.63. The van der Waals surface area contributed by atoms with Crippen LogP contribution in [0.2, 0.25) is 0 Å². The highest BCUT2D eigenvalue weighted by molar-refractivity contribution is 5.10. The van der Waals surface area contributed by atoms with Gasteiger partial charge in [0.05, 0.1) is 6.54 Å². The Morgan fingerprint density at radius 2 is 2.28 bits per heavy atom. The van der Waals surface area contributed by atoms with Crippen LogP contribution in [0.25, 0.3) is 0 Å². The third kappa shape index (κ3) is 3.70. The van der Waals surface area contributed by atoms with E-state index in [-0.39, 0.29) is 0 Å². The number of hydrogen-bond acceptors (Lipinski definition) is 4. The van der Waals surface area contributed by atoms with Crippen LogP contribution < -0.4 is 5.32 Å². The third-order valence-electron chi connectivity index (χ3n) is 2.59. The lowest BCUT2D eigenvalue weighted by molar-refractivity contribution is 0.386. The molecule has 18 heavy (non-hydrogen) atoms. The zero-order valence-corrected chi connectivity index (χ0v) is 11.2. The van der Waals surface area contributed by atoms with Crippen molar-refractivity contribution in [1.29, 1.82) is 0 Å². The zero-order chi connectivity index (χ0) is 13.0. The molecule has 0 saturated heterocycles. The van der Waals surface area contributed by atoms with Gasteiger partial charge in [0.15, 0.2) is 5.82 Å². The van der Waals surface area contributed by atoms with Crippen LogP contribution in [0.3, 0.4) is 0 Å². The summed E-state index contributed by atoms with van der Waals surface area (Å²) < 4.78 is 7.01. The maximum atomic E-state index is 4.95. The van der Waals surface area contributed by atoms with Gasteiger partial charge in [-0.25, -0.2) is 0 Å². The molecular weight excluding hydrogens is 228 g/mol. The quantitative estimate of drug-likeness (QED) is 0.849. The average Bonchev–Trinajstić information content (AvgIpc) is 2.89. The van der Waals surface area contributed by atoms with E-state index in [0.29, 0.717) is 24.2 Å². The molecule has 0 fully saturated rings. The molecule has 2 heterocycles. The summed E-state index contributed by atoms with van der Waals surface area (Å²) >= 11 is 0. The van der Waals surface area contributed by atoms with Crippen molar-refractivity contribution in [1.82, 2.24) is 20.0 Å². The Hall–Kier alpha value is -1.62. The number of nitrogens with zero attached hydrogens (tertiary/aromatic N) is 3. The highest BCUT2D eigenvalue weighted by atomic mass is 16.5. The fourth-order valence-electron chi connectivity index (χ4n) is 1.77. The van der Waals surface area contributed by atoms with E-state index in [9.17, 15) is 0 Å². The van der Waals surface area contributed by atoms with E-state index >= 15 is 0 Å². The average molecular weight is 248 g/mol. The van der Waals surface area contributed by atoms with Gasteiger partial charge in [-0.15, -0.1) is 0 Å². The first-order valence-corrected chi connectivity index (χ1v) is 6.28. The molecule has 0 atom stereocenters. The van der Waals surface area contributed by atoms with Crippen LogP contribution in [0.5, 0.6) is 0 Å². The lowest BCUT2D eigenvalue weighted by Crippen LogP contribution is -2.18. The summed E-state index contributed by atoms with van der Waals surface area (Å²) in [5.74, 6) is 2.00. The highest BCUT2D eigenvalue weighted by Crippen LogP contribution is 2.04. The molecule has 0 saturated carbocycles. The van der Waals surface area contributed by atoms with Gasteiger partial charge in [-0.2, -0.15) is 4.98 Å². The Balaban J connectivity index is 1.86. The number of aryl methyl sites for hydroxylation is 1. The van der Waals surface area contributed by atoms with Crippen molar-refractivity contribution in [3.63, 3.8) is 0 Å². The molecule has 98 valence electrons. The number of rotatable bonds is 6. The van der Waals surface area contributed by atoms with E-state index in [4.69, 9.17) is 4.52 Å². The predicted octanol–water partition coefficient (Wildman–Crippen LogP) is 1.97. The Kier molecular flexibility index (Phi) is 4.15. The molecule has 0 aliphatic rings. The maximum Gasteiger partial charge on any atom is 0.223 e. The van der Waals surface area contributed by atoms with Crippen LogP contribution in [0.1, 0.15) is 31.1 Å². The standard InChI is InChI=1S/C13H20N4O/c1-10(2)6-14-7-12-4-5-17(8-12)9-13-15-11(3)18-16-13/h4-5,8,10,14H,6-7,9H2,1-3H3. The zero-order valence-electron chi connectivity index (χ0n) is 11.2. The Bertz CT molecular complexity index is 487. The lowest BCUT2D eigenvalue weighted by Gasteiger charge is -2.05. The van der Waals surface area contributed by atoms with Gasteiger partial charge in [-0.05, 0) is 24.1 Å². The molecule has 2 rings (SSSR count). The van der Waals surface area contributed by atoms with Gasteiger partial charge in [0.1, 0.15) is 0 Å². The van der Waals surface area contributed by atoms with Crippen molar-refractivity contribution in [2.45, 2.75) is 33.9 Å². The largest absolute Gasteiger partial charge is 0.346 e. The van der Waals surface area contributed by atoms with Crippen molar-refractivity contribution >= 4 is 0 Å². The Labute approximate surface area is 107 Å². The van der Waals surface area contributed by atoms with Gasteiger partial charge < -0.3 is 14.4 Å². The van der Waals surface area contributed by atoms with Gasteiger partial charge in [-0.3, -0.25) is 0 Å². The maximum absolute atomic E-state index is 4.95. The van der Waals surface area contributed by atoms with Gasteiger partial charge >= 0.3 is 0 Å². The van der Waals surface area contributed by atoms with Crippen LogP contribution in [-0.2, 0) is 13.1 Å². The molecule has 0 bridgehead atoms. The van der Waals surface area contributed by atoms with E-state index in [1.54, 1.807) is 6.92 Å². The number of nitrogens with one attached hydrogen (secondary N) is 1. The van der Waals surface area contributed by atoms with Gasteiger partial charge in [0.2, 0.25) is 5.89 Å². The second-order valence-corrected chi connectivity index (χ2v) is 4.95. The number of aromatic nitrogens is 3. The van der Waals surface area contributed by atoms with Crippen LogP contribution >= 0.6 is 0 Å². The second-order valence-electron chi connectivity index (χ2n) is 4.95. The van der Waals surface area contributed by atoms with Crippen molar-refractivity contribution in [3.8, 4) is 0 Å². The summed E-state index contributed by atoms with van der Waals surface area (Å²) in [6.07, 6.45) is 4.15. The summed E-state index contributed by atoms with van der Waals surface area (Å²) in [4.78, 5) is 4.19. The SMILES string of the molecule is Cc1nc(Cn2ccc(CNCC(C)C)c2)no1.